The smallest absolute Gasteiger partial charge is 0.326 e. The molecule has 1 aromatic rings. The Morgan fingerprint density at radius 1 is 1.29 bits per heavy atom. The van der Waals surface area contributed by atoms with E-state index in [-0.39, 0.29) is 18.7 Å². The quantitative estimate of drug-likeness (QED) is 0.789. The molecular weight excluding hydrogens is 266 g/mol. The van der Waals surface area contributed by atoms with Crippen LogP contribution in [0.5, 0.6) is 0 Å². The number of aryl methyl sites for hydroxylation is 2. The molecule has 0 bridgehead atoms. The van der Waals surface area contributed by atoms with Gasteiger partial charge in [-0.3, -0.25) is 4.79 Å². The normalized spacial score (nSPS) is 14.9. The number of nitrogens with one attached hydrogen (secondary N) is 1. The molecule has 1 atom stereocenters. The van der Waals surface area contributed by atoms with Gasteiger partial charge in [0, 0.05) is 0 Å². The predicted octanol–water partition coefficient (Wildman–Crippen LogP) is 2.25. The second-order valence-electron chi connectivity index (χ2n) is 5.47. The number of carbonyl (C=O) groups excluding carboxylic acids is 1. The van der Waals surface area contributed by atoms with Crippen LogP contribution in [0.1, 0.15) is 36.0 Å². The fourth-order valence-corrected chi connectivity index (χ4v) is 2.72. The fourth-order valence-electron chi connectivity index (χ4n) is 2.72. The SMILES string of the molecule is C=CCC(NC(=O)Cc1ccc2c(c1)CCCC2)C(=O)O. The summed E-state index contributed by atoms with van der Waals surface area (Å²) in [6.07, 6.45) is 6.55. The average molecular weight is 287 g/mol. The molecule has 1 aromatic carbocycles. The Morgan fingerprint density at radius 3 is 2.67 bits per heavy atom. The van der Waals surface area contributed by atoms with Gasteiger partial charge in [-0.2, -0.15) is 0 Å². The highest BCUT2D eigenvalue weighted by molar-refractivity contribution is 5.85. The van der Waals surface area contributed by atoms with E-state index in [1.165, 1.54) is 30.0 Å². The summed E-state index contributed by atoms with van der Waals surface area (Å²) in [5.74, 6) is -1.30. The first-order valence-corrected chi connectivity index (χ1v) is 7.34. The minimum absolute atomic E-state index is 0.216. The zero-order valence-corrected chi connectivity index (χ0v) is 12.1. The topological polar surface area (TPSA) is 66.4 Å². The zero-order chi connectivity index (χ0) is 15.2. The van der Waals surface area contributed by atoms with Crippen LogP contribution in [0.3, 0.4) is 0 Å². The van der Waals surface area contributed by atoms with Gasteiger partial charge in [0.2, 0.25) is 5.91 Å². The molecule has 1 aliphatic rings. The molecule has 112 valence electrons. The number of carbonyl (C=O) groups is 2. The number of rotatable bonds is 6. The van der Waals surface area contributed by atoms with E-state index in [0.717, 1.165) is 18.4 Å². The van der Waals surface area contributed by atoms with Crippen LogP contribution in [0.4, 0.5) is 0 Å². The maximum atomic E-state index is 12.0. The Balaban J connectivity index is 1.99. The van der Waals surface area contributed by atoms with Gasteiger partial charge < -0.3 is 10.4 Å². The Hall–Kier alpha value is -2.10. The Labute approximate surface area is 124 Å². The first-order chi connectivity index (χ1) is 10.1. The van der Waals surface area contributed by atoms with Crippen LogP contribution in [-0.4, -0.2) is 23.0 Å². The number of amides is 1. The molecule has 4 nitrogen and oxygen atoms in total. The van der Waals surface area contributed by atoms with Crippen LogP contribution < -0.4 is 5.32 Å². The van der Waals surface area contributed by atoms with Gasteiger partial charge >= 0.3 is 5.97 Å². The van der Waals surface area contributed by atoms with Crippen molar-refractivity contribution in [2.45, 2.75) is 44.6 Å². The maximum Gasteiger partial charge on any atom is 0.326 e. The van der Waals surface area contributed by atoms with Crippen LogP contribution in [0.2, 0.25) is 0 Å². The first-order valence-electron chi connectivity index (χ1n) is 7.34. The second kappa shape index (κ2) is 7.07. The summed E-state index contributed by atoms with van der Waals surface area (Å²) in [6.45, 7) is 3.51. The van der Waals surface area contributed by atoms with Crippen molar-refractivity contribution in [3.63, 3.8) is 0 Å². The molecule has 1 amide bonds. The van der Waals surface area contributed by atoms with Gasteiger partial charge in [0.25, 0.3) is 0 Å². The number of hydrogen-bond donors (Lipinski definition) is 2. The summed E-state index contributed by atoms with van der Waals surface area (Å²) in [5.41, 5.74) is 3.64. The van der Waals surface area contributed by atoms with Crippen LogP contribution in [0.25, 0.3) is 0 Å². The third kappa shape index (κ3) is 4.18. The summed E-state index contributed by atoms with van der Waals surface area (Å²) in [4.78, 5) is 23.0. The van der Waals surface area contributed by atoms with Crippen molar-refractivity contribution in [3.8, 4) is 0 Å². The molecule has 1 aliphatic carbocycles. The molecule has 0 heterocycles. The van der Waals surface area contributed by atoms with Gasteiger partial charge in [-0.25, -0.2) is 4.79 Å². The molecule has 0 aliphatic heterocycles. The molecule has 0 fully saturated rings. The highest BCUT2D eigenvalue weighted by atomic mass is 16.4. The predicted molar refractivity (Wildman–Crippen MR) is 81.2 cm³/mol. The number of benzene rings is 1. The lowest BCUT2D eigenvalue weighted by Gasteiger charge is -2.17. The summed E-state index contributed by atoms with van der Waals surface area (Å²) in [5, 5.41) is 11.6. The molecular formula is C17H21NO3. The van der Waals surface area contributed by atoms with Gasteiger partial charge in [-0.05, 0) is 48.8 Å². The Morgan fingerprint density at radius 2 is 2.00 bits per heavy atom. The largest absolute Gasteiger partial charge is 0.480 e. The van der Waals surface area contributed by atoms with Gasteiger partial charge in [-0.1, -0.05) is 24.3 Å². The van der Waals surface area contributed by atoms with E-state index in [1.54, 1.807) is 0 Å². The lowest BCUT2D eigenvalue weighted by atomic mass is 9.90. The number of hydrogen-bond acceptors (Lipinski definition) is 2. The molecule has 0 saturated heterocycles. The van der Waals surface area contributed by atoms with E-state index < -0.39 is 12.0 Å². The van der Waals surface area contributed by atoms with Crippen LogP contribution >= 0.6 is 0 Å². The van der Waals surface area contributed by atoms with E-state index in [1.807, 2.05) is 6.07 Å². The third-order valence-electron chi connectivity index (χ3n) is 3.81. The third-order valence-corrected chi connectivity index (χ3v) is 3.81. The van der Waals surface area contributed by atoms with Gasteiger partial charge in [-0.15, -0.1) is 6.58 Å². The lowest BCUT2D eigenvalue weighted by molar-refractivity contribution is -0.141. The summed E-state index contributed by atoms with van der Waals surface area (Å²) >= 11 is 0. The molecule has 0 spiro atoms. The van der Waals surface area contributed by atoms with E-state index in [9.17, 15) is 9.59 Å². The number of aliphatic carboxylic acids is 1. The van der Waals surface area contributed by atoms with E-state index in [4.69, 9.17) is 5.11 Å². The van der Waals surface area contributed by atoms with Crippen molar-refractivity contribution in [1.82, 2.24) is 5.32 Å². The zero-order valence-electron chi connectivity index (χ0n) is 12.1. The van der Waals surface area contributed by atoms with E-state index >= 15 is 0 Å². The summed E-state index contributed by atoms with van der Waals surface area (Å²) in [7, 11) is 0. The second-order valence-corrected chi connectivity index (χ2v) is 5.47. The van der Waals surface area contributed by atoms with Crippen molar-refractivity contribution in [2.75, 3.05) is 0 Å². The Bertz CT molecular complexity index is 551. The molecule has 1 unspecified atom stereocenters. The van der Waals surface area contributed by atoms with Crippen molar-refractivity contribution < 1.29 is 14.7 Å². The standard InChI is InChI=1S/C17H21NO3/c1-2-5-15(17(20)21)18-16(19)11-12-8-9-13-6-3-4-7-14(13)10-12/h2,8-10,15H,1,3-7,11H2,(H,18,19)(H,20,21). The summed E-state index contributed by atoms with van der Waals surface area (Å²) in [6, 6.07) is 5.24. The average Bonchev–Trinajstić information content (AvgIpc) is 2.46. The van der Waals surface area contributed by atoms with Gasteiger partial charge in [0.05, 0.1) is 6.42 Å². The number of carboxylic acids is 1. The highest BCUT2D eigenvalue weighted by Gasteiger charge is 2.18. The van der Waals surface area contributed by atoms with Crippen LogP contribution in [0, 0.1) is 0 Å². The van der Waals surface area contributed by atoms with Crippen LogP contribution in [-0.2, 0) is 28.9 Å². The fraction of sp³-hybridized carbons (Fsp3) is 0.412. The molecule has 0 saturated carbocycles. The van der Waals surface area contributed by atoms with E-state index in [0.29, 0.717) is 0 Å². The van der Waals surface area contributed by atoms with Crippen molar-refractivity contribution >= 4 is 11.9 Å². The minimum atomic E-state index is -1.03. The maximum absolute atomic E-state index is 12.0. The molecule has 0 aromatic heterocycles. The van der Waals surface area contributed by atoms with E-state index in [2.05, 4.69) is 24.0 Å². The van der Waals surface area contributed by atoms with Crippen molar-refractivity contribution in [3.05, 3.63) is 47.5 Å². The Kier molecular flexibility index (Phi) is 5.14. The van der Waals surface area contributed by atoms with Gasteiger partial charge in [0.15, 0.2) is 0 Å². The summed E-state index contributed by atoms with van der Waals surface area (Å²) < 4.78 is 0. The molecule has 21 heavy (non-hydrogen) atoms. The molecule has 0 radical (unpaired) electrons. The molecule has 2 rings (SSSR count). The highest BCUT2D eigenvalue weighted by Crippen LogP contribution is 2.22. The number of fused-ring (bicyclic) bond motifs is 1. The van der Waals surface area contributed by atoms with Gasteiger partial charge in [0.1, 0.15) is 6.04 Å². The van der Waals surface area contributed by atoms with Crippen molar-refractivity contribution in [1.29, 1.82) is 0 Å². The number of carboxylic acid groups (broad SMARTS) is 1. The molecule has 2 N–H and O–H groups in total. The monoisotopic (exact) mass is 287 g/mol. The lowest BCUT2D eigenvalue weighted by Crippen LogP contribution is -2.41. The first kappa shape index (κ1) is 15.3. The molecule has 4 heteroatoms. The van der Waals surface area contributed by atoms with Crippen molar-refractivity contribution in [2.24, 2.45) is 0 Å². The minimum Gasteiger partial charge on any atom is -0.480 e. The van der Waals surface area contributed by atoms with Crippen LogP contribution in [0.15, 0.2) is 30.9 Å².